The molecule has 6 nitrogen and oxygen atoms in total. The molecule has 4 rings (SSSR count). The fourth-order valence-corrected chi connectivity index (χ4v) is 4.16. The van der Waals surface area contributed by atoms with Crippen LogP contribution < -0.4 is 10.1 Å². The molecule has 2 amide bonds. The number of nitrogens with zero attached hydrogens (tertiary/aromatic N) is 2. The first-order chi connectivity index (χ1) is 16.1. The molecule has 0 aliphatic carbocycles. The van der Waals surface area contributed by atoms with Gasteiger partial charge in [0.25, 0.3) is 0 Å². The Balaban J connectivity index is 1.43. The van der Waals surface area contributed by atoms with Gasteiger partial charge >= 0.3 is 0 Å². The quantitative estimate of drug-likeness (QED) is 0.577. The van der Waals surface area contributed by atoms with E-state index in [9.17, 15) is 9.59 Å². The lowest BCUT2D eigenvalue weighted by atomic mass is 9.98. The van der Waals surface area contributed by atoms with Gasteiger partial charge in [-0.15, -0.1) is 0 Å². The van der Waals surface area contributed by atoms with E-state index >= 15 is 0 Å². The van der Waals surface area contributed by atoms with Gasteiger partial charge in [0.15, 0.2) is 0 Å². The summed E-state index contributed by atoms with van der Waals surface area (Å²) >= 11 is 0. The molecule has 1 saturated heterocycles. The summed E-state index contributed by atoms with van der Waals surface area (Å²) in [6.07, 6.45) is 5.05. The van der Waals surface area contributed by atoms with Crippen molar-refractivity contribution in [2.45, 2.75) is 32.2 Å². The fraction of sp³-hybridized carbons (Fsp3) is 0.296. The van der Waals surface area contributed by atoms with E-state index in [0.29, 0.717) is 39.0 Å². The van der Waals surface area contributed by atoms with Crippen LogP contribution in [0.25, 0.3) is 11.1 Å². The lowest BCUT2D eigenvalue weighted by Crippen LogP contribution is -2.58. The molecule has 0 spiro atoms. The first kappa shape index (κ1) is 22.5. The second-order valence-corrected chi connectivity index (χ2v) is 8.12. The minimum Gasteiger partial charge on any atom is -0.494 e. The van der Waals surface area contributed by atoms with Gasteiger partial charge in [-0.25, -0.2) is 0 Å². The highest BCUT2D eigenvalue weighted by molar-refractivity contribution is 5.89. The third-order valence-electron chi connectivity index (χ3n) is 5.86. The zero-order valence-electron chi connectivity index (χ0n) is 18.9. The zero-order chi connectivity index (χ0) is 23.0. The van der Waals surface area contributed by atoms with Crippen LogP contribution in [0.4, 0.5) is 0 Å². The number of hydrogen-bond acceptors (Lipinski definition) is 4. The maximum absolute atomic E-state index is 13.1. The molecule has 1 aromatic heterocycles. The number of hydrogen-bond donors (Lipinski definition) is 1. The number of aromatic nitrogens is 1. The second kappa shape index (κ2) is 10.8. The Morgan fingerprint density at radius 3 is 2.67 bits per heavy atom. The smallest absolute Gasteiger partial charge is 0.243 e. The van der Waals surface area contributed by atoms with Crippen LogP contribution in [0.2, 0.25) is 0 Å². The Bertz CT molecular complexity index is 1080. The summed E-state index contributed by atoms with van der Waals surface area (Å²) in [7, 11) is 0. The first-order valence-corrected chi connectivity index (χ1v) is 11.4. The van der Waals surface area contributed by atoms with Crippen molar-refractivity contribution >= 4 is 11.8 Å². The van der Waals surface area contributed by atoms with Crippen LogP contribution in [-0.2, 0) is 22.4 Å². The maximum Gasteiger partial charge on any atom is 0.243 e. The summed E-state index contributed by atoms with van der Waals surface area (Å²) in [5.74, 6) is 0.739. The third kappa shape index (κ3) is 5.77. The molecular formula is C27H29N3O3. The molecule has 1 fully saturated rings. The van der Waals surface area contributed by atoms with Crippen LogP contribution in [0.5, 0.6) is 5.75 Å². The van der Waals surface area contributed by atoms with Crippen molar-refractivity contribution in [3.05, 3.63) is 84.2 Å². The Kier molecular flexibility index (Phi) is 7.35. The highest BCUT2D eigenvalue weighted by atomic mass is 16.5. The summed E-state index contributed by atoms with van der Waals surface area (Å²) in [6, 6.07) is 19.3. The molecule has 1 N–H and O–H groups in total. The van der Waals surface area contributed by atoms with Crippen molar-refractivity contribution in [2.75, 3.05) is 19.7 Å². The van der Waals surface area contributed by atoms with E-state index in [1.807, 2.05) is 67.7 Å². The Hall–Kier alpha value is -3.67. The number of ether oxygens (including phenoxy) is 1. The van der Waals surface area contributed by atoms with E-state index in [1.165, 1.54) is 0 Å². The minimum atomic E-state index is -0.504. The van der Waals surface area contributed by atoms with E-state index in [-0.39, 0.29) is 11.8 Å². The van der Waals surface area contributed by atoms with Gasteiger partial charge in [0.2, 0.25) is 11.8 Å². The normalized spacial score (nSPS) is 15.7. The van der Waals surface area contributed by atoms with Crippen LogP contribution >= 0.6 is 0 Å². The Morgan fingerprint density at radius 1 is 1.09 bits per heavy atom. The lowest BCUT2D eigenvalue weighted by molar-refractivity contribution is -0.143. The number of carbonyl (C=O) groups excluding carboxylic acids is 2. The van der Waals surface area contributed by atoms with Gasteiger partial charge in [0.05, 0.1) is 6.61 Å². The van der Waals surface area contributed by atoms with Gasteiger partial charge in [-0.05, 0) is 53.8 Å². The fourth-order valence-electron chi connectivity index (χ4n) is 4.16. The van der Waals surface area contributed by atoms with Gasteiger partial charge in [-0.1, -0.05) is 42.5 Å². The average Bonchev–Trinajstić information content (AvgIpc) is 2.85. The van der Waals surface area contributed by atoms with Crippen LogP contribution in [0.1, 0.15) is 24.5 Å². The number of nitrogens with one attached hydrogen (secondary N) is 1. The predicted molar refractivity (Wildman–Crippen MR) is 128 cm³/mol. The van der Waals surface area contributed by atoms with Crippen molar-refractivity contribution in [3.63, 3.8) is 0 Å². The second-order valence-electron chi connectivity index (χ2n) is 8.12. The largest absolute Gasteiger partial charge is 0.494 e. The van der Waals surface area contributed by atoms with Crippen molar-refractivity contribution in [1.82, 2.24) is 15.2 Å². The molecule has 3 aromatic rings. The lowest BCUT2D eigenvalue weighted by Gasteiger charge is -2.35. The Labute approximate surface area is 194 Å². The zero-order valence-corrected chi connectivity index (χ0v) is 18.9. The molecule has 1 aliphatic heterocycles. The van der Waals surface area contributed by atoms with Gasteiger partial charge in [0, 0.05) is 38.3 Å². The molecule has 0 unspecified atom stereocenters. The first-order valence-electron chi connectivity index (χ1n) is 11.4. The monoisotopic (exact) mass is 443 g/mol. The van der Waals surface area contributed by atoms with Crippen LogP contribution in [0, 0.1) is 0 Å². The molecular weight excluding hydrogens is 414 g/mol. The summed E-state index contributed by atoms with van der Waals surface area (Å²) < 4.78 is 5.48. The van der Waals surface area contributed by atoms with E-state index in [4.69, 9.17) is 4.74 Å². The van der Waals surface area contributed by atoms with Crippen LogP contribution in [-0.4, -0.2) is 47.4 Å². The summed E-state index contributed by atoms with van der Waals surface area (Å²) in [4.78, 5) is 31.7. The number of pyridine rings is 1. The van der Waals surface area contributed by atoms with Crippen molar-refractivity contribution in [2.24, 2.45) is 0 Å². The topological polar surface area (TPSA) is 71.5 Å². The number of rotatable bonds is 8. The van der Waals surface area contributed by atoms with Gasteiger partial charge in [-0.2, -0.15) is 0 Å². The number of amides is 2. The summed E-state index contributed by atoms with van der Waals surface area (Å²) in [6.45, 7) is 3.59. The highest BCUT2D eigenvalue weighted by Gasteiger charge is 2.32. The number of aryl methyl sites for hydroxylation is 1. The van der Waals surface area contributed by atoms with Crippen molar-refractivity contribution in [1.29, 1.82) is 0 Å². The van der Waals surface area contributed by atoms with Gasteiger partial charge < -0.3 is 15.0 Å². The van der Waals surface area contributed by atoms with Gasteiger partial charge in [0.1, 0.15) is 11.8 Å². The number of piperazine rings is 1. The standard InChI is InChI=1S/C27H29N3O3/c1-2-33-24-11-8-20(9-12-24)10-13-26(31)30-16-15-29-27(32)25(30)18-21-5-3-6-22(17-21)23-7-4-14-28-19-23/h3-9,11-12,14,17,19,25H,2,10,13,15-16,18H2,1H3,(H,29,32)/t25-/m1/s1. The molecule has 170 valence electrons. The van der Waals surface area contributed by atoms with Gasteiger partial charge in [-0.3, -0.25) is 14.6 Å². The highest BCUT2D eigenvalue weighted by Crippen LogP contribution is 2.22. The van der Waals surface area contributed by atoms with E-state index < -0.39 is 6.04 Å². The predicted octanol–water partition coefficient (Wildman–Crippen LogP) is 3.65. The molecule has 1 atom stereocenters. The number of carbonyl (C=O) groups is 2. The molecule has 0 radical (unpaired) electrons. The summed E-state index contributed by atoms with van der Waals surface area (Å²) in [5, 5.41) is 2.92. The summed E-state index contributed by atoms with van der Waals surface area (Å²) in [5.41, 5.74) is 4.16. The Morgan fingerprint density at radius 2 is 1.91 bits per heavy atom. The molecule has 1 aliphatic rings. The molecule has 0 saturated carbocycles. The molecule has 2 heterocycles. The molecule has 0 bridgehead atoms. The SMILES string of the molecule is CCOc1ccc(CCC(=O)N2CCNC(=O)[C@H]2Cc2cccc(-c3cccnc3)c2)cc1. The molecule has 2 aromatic carbocycles. The molecule has 6 heteroatoms. The van der Waals surface area contributed by atoms with Crippen molar-refractivity contribution < 1.29 is 14.3 Å². The van der Waals surface area contributed by atoms with E-state index in [0.717, 1.165) is 28.0 Å². The van der Waals surface area contributed by atoms with E-state index in [2.05, 4.69) is 16.4 Å². The van der Waals surface area contributed by atoms with Crippen LogP contribution in [0.3, 0.4) is 0 Å². The van der Waals surface area contributed by atoms with Crippen LogP contribution in [0.15, 0.2) is 73.1 Å². The average molecular weight is 444 g/mol. The molecule has 33 heavy (non-hydrogen) atoms. The number of benzene rings is 2. The minimum absolute atomic E-state index is 0.00662. The maximum atomic E-state index is 13.1. The van der Waals surface area contributed by atoms with E-state index in [1.54, 1.807) is 11.1 Å². The third-order valence-corrected chi connectivity index (χ3v) is 5.86. The van der Waals surface area contributed by atoms with Crippen molar-refractivity contribution in [3.8, 4) is 16.9 Å².